The summed E-state index contributed by atoms with van der Waals surface area (Å²) in [6, 6.07) is 20.3. The maximum atomic E-state index is 13.7. The minimum absolute atomic E-state index is 0.0672. The highest BCUT2D eigenvalue weighted by Gasteiger charge is 2.27. The number of hydrogen-bond acceptors (Lipinski definition) is 6. The van der Waals surface area contributed by atoms with Crippen molar-refractivity contribution in [3.63, 3.8) is 0 Å². The van der Waals surface area contributed by atoms with Gasteiger partial charge in [-0.3, -0.25) is 9.10 Å². The Morgan fingerprint density at radius 2 is 1.76 bits per heavy atom. The summed E-state index contributed by atoms with van der Waals surface area (Å²) in [6.07, 6.45) is 3.41. The van der Waals surface area contributed by atoms with Crippen molar-refractivity contribution in [2.24, 2.45) is 5.10 Å². The molecule has 8 nitrogen and oxygen atoms in total. The molecule has 0 aliphatic rings. The summed E-state index contributed by atoms with van der Waals surface area (Å²) in [7, 11) is -4.08. The number of carbonyl (C=O) groups excluding carboxylic acids is 1. The lowest BCUT2D eigenvalue weighted by Crippen LogP contribution is -2.39. The molecule has 0 bridgehead atoms. The fourth-order valence-corrected chi connectivity index (χ4v) is 6.57. The summed E-state index contributed by atoms with van der Waals surface area (Å²) in [5.41, 5.74) is 5.97. The lowest BCUT2D eigenvalue weighted by Gasteiger charge is -2.24. The molecule has 0 atom stereocenters. The van der Waals surface area contributed by atoms with Crippen LogP contribution < -0.4 is 14.5 Å². The normalized spacial score (nSPS) is 11.6. The first-order valence-electron chi connectivity index (χ1n) is 12.9. The number of nitrogens with one attached hydrogen (secondary N) is 1. The van der Waals surface area contributed by atoms with Gasteiger partial charge in [0.1, 0.15) is 12.3 Å². The Hall–Kier alpha value is -3.44. The number of hydrazone groups is 1. The van der Waals surface area contributed by atoms with Crippen LogP contribution in [0.4, 0.5) is 5.69 Å². The van der Waals surface area contributed by atoms with Crippen LogP contribution in [0.25, 0.3) is 5.69 Å². The van der Waals surface area contributed by atoms with E-state index in [0.717, 1.165) is 31.8 Å². The van der Waals surface area contributed by atoms with E-state index in [2.05, 4.69) is 10.5 Å². The third-order valence-electron chi connectivity index (χ3n) is 6.41. The van der Waals surface area contributed by atoms with Gasteiger partial charge >= 0.3 is 0 Å². The number of aromatic nitrogens is 1. The maximum Gasteiger partial charge on any atom is 0.264 e. The maximum absolute atomic E-state index is 13.7. The first-order chi connectivity index (χ1) is 20.1. The second-order valence-corrected chi connectivity index (χ2v) is 12.7. The Bertz CT molecular complexity index is 1700. The first kappa shape index (κ1) is 31.5. The third kappa shape index (κ3) is 6.95. The number of hydrogen-bond donors (Lipinski definition) is 1. The summed E-state index contributed by atoms with van der Waals surface area (Å²) in [6.45, 7) is 5.66. The van der Waals surface area contributed by atoms with E-state index in [1.807, 2.05) is 49.8 Å². The van der Waals surface area contributed by atoms with Crippen molar-refractivity contribution in [3.05, 3.63) is 99.8 Å². The molecule has 0 saturated heterocycles. The Morgan fingerprint density at radius 1 is 1.07 bits per heavy atom. The van der Waals surface area contributed by atoms with Gasteiger partial charge in [0, 0.05) is 21.8 Å². The van der Waals surface area contributed by atoms with E-state index in [1.54, 1.807) is 42.5 Å². The van der Waals surface area contributed by atoms with E-state index in [9.17, 15) is 13.2 Å². The molecule has 42 heavy (non-hydrogen) atoms. The van der Waals surface area contributed by atoms with Crippen molar-refractivity contribution < 1.29 is 17.9 Å². The van der Waals surface area contributed by atoms with Gasteiger partial charge in [0.2, 0.25) is 0 Å². The largest absolute Gasteiger partial charge is 0.494 e. The Morgan fingerprint density at radius 3 is 2.40 bits per heavy atom. The molecule has 1 amide bonds. The number of ether oxygens (including phenoxy) is 1. The number of aryl methyl sites for hydroxylation is 1. The number of sulfonamides is 1. The molecule has 1 N–H and O–H groups in total. The van der Waals surface area contributed by atoms with Gasteiger partial charge in [-0.15, -0.1) is 11.8 Å². The lowest BCUT2D eigenvalue weighted by molar-refractivity contribution is -0.119. The quantitative estimate of drug-likeness (QED) is 0.109. The van der Waals surface area contributed by atoms with Crippen LogP contribution in [0, 0.1) is 13.8 Å². The molecule has 4 aromatic rings. The van der Waals surface area contributed by atoms with Crippen LogP contribution in [0.1, 0.15) is 23.9 Å². The van der Waals surface area contributed by atoms with Gasteiger partial charge in [-0.05, 0) is 93.8 Å². The summed E-state index contributed by atoms with van der Waals surface area (Å²) >= 11 is 14.2. The van der Waals surface area contributed by atoms with E-state index >= 15 is 0 Å². The predicted molar refractivity (Wildman–Crippen MR) is 171 cm³/mol. The molecule has 0 fully saturated rings. The zero-order chi connectivity index (χ0) is 30.4. The highest BCUT2D eigenvalue weighted by Crippen LogP contribution is 2.31. The van der Waals surface area contributed by atoms with Crippen LogP contribution in [0.2, 0.25) is 10.0 Å². The fourth-order valence-electron chi connectivity index (χ4n) is 4.36. The topological polar surface area (TPSA) is 93.0 Å². The minimum Gasteiger partial charge on any atom is -0.494 e. The summed E-state index contributed by atoms with van der Waals surface area (Å²) in [4.78, 5) is 14.0. The molecule has 220 valence electrons. The van der Waals surface area contributed by atoms with E-state index in [1.165, 1.54) is 30.1 Å². The molecule has 0 unspecified atom stereocenters. The number of amides is 1. The van der Waals surface area contributed by atoms with Crippen LogP contribution in [-0.2, 0) is 14.8 Å². The van der Waals surface area contributed by atoms with Gasteiger partial charge in [0.05, 0.1) is 39.1 Å². The number of benzene rings is 3. The monoisotopic (exact) mass is 644 g/mol. The average molecular weight is 646 g/mol. The van der Waals surface area contributed by atoms with Gasteiger partial charge in [0.15, 0.2) is 0 Å². The third-order valence-corrected chi connectivity index (χ3v) is 9.75. The van der Waals surface area contributed by atoms with Gasteiger partial charge in [-0.25, -0.2) is 13.8 Å². The van der Waals surface area contributed by atoms with E-state index in [4.69, 9.17) is 27.9 Å². The molecule has 4 rings (SSSR count). The van der Waals surface area contributed by atoms with Gasteiger partial charge in [0.25, 0.3) is 15.9 Å². The zero-order valence-corrected chi connectivity index (χ0v) is 26.6. The molecular weight excluding hydrogens is 615 g/mol. The highest BCUT2D eigenvalue weighted by molar-refractivity contribution is 7.98. The number of halogens is 2. The van der Waals surface area contributed by atoms with Crippen molar-refractivity contribution in [1.29, 1.82) is 0 Å². The molecular formula is C30H30Cl2N4O4S2. The van der Waals surface area contributed by atoms with Crippen LogP contribution in [0.5, 0.6) is 5.75 Å². The van der Waals surface area contributed by atoms with Crippen molar-refractivity contribution in [3.8, 4) is 11.4 Å². The van der Waals surface area contributed by atoms with Crippen molar-refractivity contribution in [2.75, 3.05) is 23.7 Å². The number of rotatable bonds is 11. The Balaban J connectivity index is 1.57. The van der Waals surface area contributed by atoms with Crippen molar-refractivity contribution in [2.45, 2.75) is 30.6 Å². The standard InChI is InChI=1S/C30H30Cl2N4O4S2/c1-5-40-24-11-9-23(10-12-24)35(42(38,39)26-15-13-25(41-4)14-16-26)19-29(37)34-33-18-22-17-20(2)36(21(22)3)28-8-6-7-27(31)30(28)32/h6-18H,5,19H2,1-4H3,(H,34,37)/b33-18+. The van der Waals surface area contributed by atoms with Crippen molar-refractivity contribution in [1.82, 2.24) is 9.99 Å². The predicted octanol–water partition coefficient (Wildman–Crippen LogP) is 6.87. The molecule has 0 saturated carbocycles. The molecule has 12 heteroatoms. The number of nitrogens with zero attached hydrogens (tertiary/aromatic N) is 3. The highest BCUT2D eigenvalue weighted by atomic mass is 35.5. The zero-order valence-electron chi connectivity index (χ0n) is 23.5. The van der Waals surface area contributed by atoms with Gasteiger partial charge < -0.3 is 9.30 Å². The minimum atomic E-state index is -4.08. The molecule has 1 aromatic heterocycles. The Labute approximate surface area is 260 Å². The van der Waals surface area contributed by atoms with E-state index in [-0.39, 0.29) is 4.90 Å². The van der Waals surface area contributed by atoms with Crippen molar-refractivity contribution >= 4 is 62.8 Å². The molecule has 0 aliphatic carbocycles. The summed E-state index contributed by atoms with van der Waals surface area (Å²) in [5.74, 6) is -0.0234. The van der Waals surface area contributed by atoms with Crippen LogP contribution in [0.3, 0.4) is 0 Å². The Kier molecular flexibility index (Phi) is 10.3. The number of anilines is 1. The number of carbonyl (C=O) groups is 1. The van der Waals surface area contributed by atoms with Crippen LogP contribution >= 0.6 is 35.0 Å². The van der Waals surface area contributed by atoms with E-state index < -0.39 is 22.5 Å². The second-order valence-electron chi connectivity index (χ2n) is 9.14. The van der Waals surface area contributed by atoms with Crippen LogP contribution in [0.15, 0.2) is 87.7 Å². The molecule has 0 aliphatic heterocycles. The van der Waals surface area contributed by atoms with Gasteiger partial charge in [-0.2, -0.15) is 5.10 Å². The van der Waals surface area contributed by atoms with E-state index in [0.29, 0.717) is 28.1 Å². The van der Waals surface area contributed by atoms with Crippen LogP contribution in [-0.4, -0.2) is 44.5 Å². The SMILES string of the molecule is CCOc1ccc(N(CC(=O)N/N=C/c2cc(C)n(-c3cccc(Cl)c3Cl)c2C)S(=O)(=O)c2ccc(SC)cc2)cc1. The molecule has 3 aromatic carbocycles. The fraction of sp³-hybridized carbons (Fsp3) is 0.200. The van der Waals surface area contributed by atoms with Gasteiger partial charge in [-0.1, -0.05) is 29.3 Å². The summed E-state index contributed by atoms with van der Waals surface area (Å²) < 4.78 is 35.9. The number of thioether (sulfide) groups is 1. The smallest absolute Gasteiger partial charge is 0.264 e. The first-order valence-corrected chi connectivity index (χ1v) is 16.3. The molecule has 0 radical (unpaired) electrons. The lowest BCUT2D eigenvalue weighted by atomic mass is 10.2. The molecule has 1 heterocycles. The average Bonchev–Trinajstić information content (AvgIpc) is 3.26. The molecule has 0 spiro atoms. The summed E-state index contributed by atoms with van der Waals surface area (Å²) in [5, 5.41) is 4.98. The second kappa shape index (κ2) is 13.7.